The molecular weight excluding hydrogens is 439 g/mol. The summed E-state index contributed by atoms with van der Waals surface area (Å²) in [7, 11) is -3.60. The fourth-order valence-corrected chi connectivity index (χ4v) is 6.16. The van der Waals surface area contributed by atoms with Gasteiger partial charge in [-0.15, -0.1) is 0 Å². The summed E-state index contributed by atoms with van der Waals surface area (Å²) in [6.07, 6.45) is 3.25. The lowest BCUT2D eigenvalue weighted by atomic mass is 9.84. The molecule has 8 heteroatoms. The van der Waals surface area contributed by atoms with Crippen molar-refractivity contribution in [1.29, 1.82) is 0 Å². The van der Waals surface area contributed by atoms with Crippen LogP contribution in [0.5, 0.6) is 0 Å². The van der Waals surface area contributed by atoms with Crippen LogP contribution in [-0.4, -0.2) is 18.6 Å². The second-order valence-corrected chi connectivity index (χ2v) is 11.9. The van der Waals surface area contributed by atoms with Crippen LogP contribution >= 0.6 is 0 Å². The van der Waals surface area contributed by atoms with Crippen LogP contribution in [0.1, 0.15) is 74.3 Å². The first-order valence-electron chi connectivity index (χ1n) is 11.4. The Morgan fingerprint density at radius 3 is 2.67 bits per heavy atom. The van der Waals surface area contributed by atoms with Crippen LogP contribution in [0.25, 0.3) is 0 Å². The molecule has 3 N–H and O–H groups in total. The molecule has 2 aliphatic rings. The Balaban J connectivity index is 1.30. The van der Waals surface area contributed by atoms with Gasteiger partial charge in [-0.05, 0) is 53.9 Å². The molecule has 0 radical (unpaired) electrons. The van der Waals surface area contributed by atoms with Gasteiger partial charge in [0.25, 0.3) is 0 Å². The maximum absolute atomic E-state index is 14.9. The number of nitrogens with zero attached hydrogens (tertiary/aromatic N) is 1. The Morgan fingerprint density at radius 1 is 1.09 bits per heavy atom. The standard InChI is InChI=1S/C25H29FN4O2S/c1-25(2,3)18-6-4-5-15(12-18)16-7-8-17(11-16)21-13-23(30-29-21)28-20-9-10-22-19(24(20)26)14-27-33(22,31)32/h4-6,9-10,12-13,16-17,27H,7-8,11,14H2,1-3H3,(H2,28,29,30). The minimum atomic E-state index is -3.60. The first kappa shape index (κ1) is 22.1. The molecule has 2 aromatic carbocycles. The first-order chi connectivity index (χ1) is 15.6. The zero-order valence-electron chi connectivity index (χ0n) is 19.1. The van der Waals surface area contributed by atoms with Crippen molar-refractivity contribution in [2.45, 2.75) is 68.7 Å². The molecule has 3 aromatic rings. The fourth-order valence-electron chi connectivity index (χ4n) is 4.94. The number of aromatic nitrogens is 2. The smallest absolute Gasteiger partial charge is 0.241 e. The van der Waals surface area contributed by atoms with Gasteiger partial charge in [-0.2, -0.15) is 5.10 Å². The van der Waals surface area contributed by atoms with Crippen molar-refractivity contribution >= 4 is 21.5 Å². The molecule has 174 valence electrons. The Labute approximate surface area is 194 Å². The van der Waals surface area contributed by atoms with E-state index in [-0.39, 0.29) is 28.1 Å². The van der Waals surface area contributed by atoms with Crippen LogP contribution < -0.4 is 10.0 Å². The van der Waals surface area contributed by atoms with Crippen LogP contribution in [0.2, 0.25) is 0 Å². The molecular formula is C25H29FN4O2S. The lowest BCUT2D eigenvalue weighted by molar-refractivity contribution is 0.586. The van der Waals surface area contributed by atoms with E-state index in [1.807, 2.05) is 6.07 Å². The lowest BCUT2D eigenvalue weighted by Crippen LogP contribution is -2.13. The molecule has 2 heterocycles. The number of halogens is 1. The molecule has 1 saturated carbocycles. The minimum absolute atomic E-state index is 0.000735. The number of fused-ring (bicyclic) bond motifs is 1. The minimum Gasteiger partial charge on any atom is -0.336 e. The summed E-state index contributed by atoms with van der Waals surface area (Å²) in [6.45, 7) is 6.68. The Morgan fingerprint density at radius 2 is 1.88 bits per heavy atom. The summed E-state index contributed by atoms with van der Waals surface area (Å²) >= 11 is 0. The van der Waals surface area contributed by atoms with Gasteiger partial charge in [0.15, 0.2) is 11.6 Å². The molecule has 1 aliphatic carbocycles. The third-order valence-corrected chi connectivity index (χ3v) is 8.37. The van der Waals surface area contributed by atoms with Crippen molar-refractivity contribution in [3.63, 3.8) is 0 Å². The largest absolute Gasteiger partial charge is 0.336 e. The molecule has 0 bridgehead atoms. The molecule has 2 atom stereocenters. The zero-order valence-corrected chi connectivity index (χ0v) is 19.9. The maximum Gasteiger partial charge on any atom is 0.241 e. The van der Waals surface area contributed by atoms with Crippen molar-refractivity contribution in [2.75, 3.05) is 5.32 Å². The number of aromatic amines is 1. The molecule has 1 aliphatic heterocycles. The molecule has 1 fully saturated rings. The van der Waals surface area contributed by atoms with Gasteiger partial charge in [0.2, 0.25) is 10.0 Å². The monoisotopic (exact) mass is 468 g/mol. The highest BCUT2D eigenvalue weighted by atomic mass is 32.2. The number of rotatable bonds is 4. The number of benzene rings is 2. The third kappa shape index (κ3) is 4.17. The van der Waals surface area contributed by atoms with Crippen LogP contribution in [0.3, 0.4) is 0 Å². The average molecular weight is 469 g/mol. The number of sulfonamides is 1. The third-order valence-electron chi connectivity index (χ3n) is 6.89. The van der Waals surface area contributed by atoms with Crippen LogP contribution in [0.4, 0.5) is 15.9 Å². The van der Waals surface area contributed by atoms with Crippen molar-refractivity contribution in [2.24, 2.45) is 0 Å². The van der Waals surface area contributed by atoms with Crippen LogP contribution in [-0.2, 0) is 22.0 Å². The van der Waals surface area contributed by atoms with Crippen molar-refractivity contribution in [1.82, 2.24) is 14.9 Å². The molecule has 0 amide bonds. The topological polar surface area (TPSA) is 86.9 Å². The van der Waals surface area contributed by atoms with Gasteiger partial charge < -0.3 is 5.32 Å². The highest BCUT2D eigenvalue weighted by Gasteiger charge is 2.31. The zero-order chi connectivity index (χ0) is 23.4. The van der Waals surface area contributed by atoms with Gasteiger partial charge in [-0.3, -0.25) is 5.10 Å². The van der Waals surface area contributed by atoms with Gasteiger partial charge in [-0.1, -0.05) is 45.0 Å². The number of hydrogen-bond acceptors (Lipinski definition) is 4. The van der Waals surface area contributed by atoms with Crippen LogP contribution in [0.15, 0.2) is 47.4 Å². The highest BCUT2D eigenvalue weighted by Crippen LogP contribution is 2.44. The SMILES string of the molecule is CC(C)(C)c1cccc(C2CCC(c3cc(Nc4ccc5c(c4F)CNS5(=O)=O)n[nH]3)C2)c1. The molecule has 0 spiro atoms. The Bertz CT molecular complexity index is 1310. The predicted molar refractivity (Wildman–Crippen MR) is 127 cm³/mol. The van der Waals surface area contributed by atoms with E-state index in [9.17, 15) is 12.8 Å². The average Bonchev–Trinajstić information content (AvgIpc) is 3.49. The van der Waals surface area contributed by atoms with Gasteiger partial charge in [0.1, 0.15) is 0 Å². The van der Waals surface area contributed by atoms with E-state index in [1.165, 1.54) is 23.3 Å². The quantitative estimate of drug-likeness (QED) is 0.476. The van der Waals surface area contributed by atoms with E-state index < -0.39 is 15.8 Å². The summed E-state index contributed by atoms with van der Waals surface area (Å²) in [5.41, 5.74) is 4.30. The summed E-state index contributed by atoms with van der Waals surface area (Å²) in [4.78, 5) is 0.000735. The van der Waals surface area contributed by atoms with Gasteiger partial charge in [0.05, 0.1) is 10.6 Å². The molecule has 0 saturated heterocycles. The lowest BCUT2D eigenvalue weighted by Gasteiger charge is -2.21. The predicted octanol–water partition coefficient (Wildman–Crippen LogP) is 5.43. The number of hydrogen-bond donors (Lipinski definition) is 3. The van der Waals surface area contributed by atoms with E-state index in [0.717, 1.165) is 25.0 Å². The Hall–Kier alpha value is -2.71. The van der Waals surface area contributed by atoms with Gasteiger partial charge >= 0.3 is 0 Å². The summed E-state index contributed by atoms with van der Waals surface area (Å²) < 4.78 is 41.0. The van der Waals surface area contributed by atoms with E-state index in [1.54, 1.807) is 0 Å². The summed E-state index contributed by atoms with van der Waals surface area (Å²) in [6, 6.07) is 13.7. The summed E-state index contributed by atoms with van der Waals surface area (Å²) in [5.74, 6) is 0.845. The molecule has 6 nitrogen and oxygen atoms in total. The molecule has 33 heavy (non-hydrogen) atoms. The number of H-pyrrole nitrogens is 1. The molecule has 5 rings (SSSR count). The Kier molecular flexibility index (Phi) is 5.33. The fraction of sp³-hybridized carbons (Fsp3) is 0.400. The molecule has 1 aromatic heterocycles. The normalized spacial score (nSPS) is 21.8. The van der Waals surface area contributed by atoms with E-state index in [2.05, 4.69) is 65.3 Å². The van der Waals surface area contributed by atoms with E-state index in [0.29, 0.717) is 17.7 Å². The number of nitrogens with one attached hydrogen (secondary N) is 3. The first-order valence-corrected chi connectivity index (χ1v) is 12.8. The van der Waals surface area contributed by atoms with Crippen molar-refractivity contribution in [3.8, 4) is 0 Å². The number of anilines is 2. The molecule has 2 unspecified atom stereocenters. The van der Waals surface area contributed by atoms with E-state index in [4.69, 9.17) is 0 Å². The van der Waals surface area contributed by atoms with Crippen molar-refractivity contribution in [3.05, 3.63) is 70.7 Å². The van der Waals surface area contributed by atoms with E-state index >= 15 is 0 Å². The summed E-state index contributed by atoms with van der Waals surface area (Å²) in [5, 5.41) is 10.4. The highest BCUT2D eigenvalue weighted by molar-refractivity contribution is 7.89. The second-order valence-electron chi connectivity index (χ2n) is 10.1. The van der Waals surface area contributed by atoms with Crippen LogP contribution in [0, 0.1) is 5.82 Å². The maximum atomic E-state index is 14.9. The van der Waals surface area contributed by atoms with Gasteiger partial charge in [0, 0.05) is 29.8 Å². The van der Waals surface area contributed by atoms with Gasteiger partial charge in [-0.25, -0.2) is 17.5 Å². The second kappa shape index (κ2) is 7.95. The van der Waals surface area contributed by atoms with Crippen molar-refractivity contribution < 1.29 is 12.8 Å².